The number of aromatic carboxylic acids is 1. The SMILES string of the molecule is O=C(O)c1cccnc1NCc1ccoc1. The Morgan fingerprint density at radius 1 is 1.50 bits per heavy atom. The van der Waals surface area contributed by atoms with Crippen molar-refractivity contribution < 1.29 is 14.3 Å². The molecule has 16 heavy (non-hydrogen) atoms. The quantitative estimate of drug-likeness (QED) is 0.820. The summed E-state index contributed by atoms with van der Waals surface area (Å²) >= 11 is 0. The van der Waals surface area contributed by atoms with Crippen LogP contribution >= 0.6 is 0 Å². The standard InChI is InChI=1S/C11H10N2O3/c14-11(15)9-2-1-4-12-10(9)13-6-8-3-5-16-7-8/h1-5,7H,6H2,(H,12,13)(H,14,15). The number of carboxylic acid groups (broad SMARTS) is 1. The van der Waals surface area contributed by atoms with Gasteiger partial charge in [0.1, 0.15) is 11.4 Å². The first-order chi connectivity index (χ1) is 7.77. The molecule has 0 atom stereocenters. The molecule has 0 unspecified atom stereocenters. The largest absolute Gasteiger partial charge is 0.478 e. The highest BCUT2D eigenvalue weighted by molar-refractivity contribution is 5.92. The fraction of sp³-hybridized carbons (Fsp3) is 0.0909. The molecule has 5 nitrogen and oxygen atoms in total. The topological polar surface area (TPSA) is 75.4 Å². The van der Waals surface area contributed by atoms with Gasteiger partial charge in [0.05, 0.1) is 12.5 Å². The molecule has 2 rings (SSSR count). The number of aromatic nitrogens is 1. The Morgan fingerprint density at radius 3 is 3.06 bits per heavy atom. The maximum atomic E-state index is 10.9. The van der Waals surface area contributed by atoms with Crippen molar-refractivity contribution in [1.29, 1.82) is 0 Å². The Balaban J connectivity index is 2.12. The average molecular weight is 218 g/mol. The van der Waals surface area contributed by atoms with Gasteiger partial charge in [0.2, 0.25) is 0 Å². The fourth-order valence-electron chi connectivity index (χ4n) is 1.30. The fourth-order valence-corrected chi connectivity index (χ4v) is 1.30. The van der Waals surface area contributed by atoms with Crippen LogP contribution in [0.3, 0.4) is 0 Å². The molecule has 0 saturated heterocycles. The summed E-state index contributed by atoms with van der Waals surface area (Å²) in [5.41, 5.74) is 1.09. The minimum atomic E-state index is -0.997. The molecule has 2 heterocycles. The molecule has 0 fully saturated rings. The summed E-state index contributed by atoms with van der Waals surface area (Å²) in [5, 5.41) is 11.9. The number of anilines is 1. The molecular weight excluding hydrogens is 208 g/mol. The van der Waals surface area contributed by atoms with Crippen LogP contribution in [0, 0.1) is 0 Å². The number of rotatable bonds is 4. The van der Waals surface area contributed by atoms with Gasteiger partial charge in [0, 0.05) is 18.3 Å². The lowest BCUT2D eigenvalue weighted by Gasteiger charge is -2.06. The van der Waals surface area contributed by atoms with Gasteiger partial charge in [-0.2, -0.15) is 0 Å². The molecule has 0 aliphatic heterocycles. The smallest absolute Gasteiger partial charge is 0.339 e. The average Bonchev–Trinajstić information content (AvgIpc) is 2.79. The highest BCUT2D eigenvalue weighted by Crippen LogP contribution is 2.12. The molecule has 2 aromatic rings. The molecule has 0 aliphatic rings. The first-order valence-electron chi connectivity index (χ1n) is 4.70. The van der Waals surface area contributed by atoms with E-state index in [1.165, 1.54) is 6.07 Å². The molecule has 0 amide bonds. The van der Waals surface area contributed by atoms with Gasteiger partial charge in [0.15, 0.2) is 0 Å². The number of furan rings is 1. The zero-order valence-corrected chi connectivity index (χ0v) is 8.38. The van der Waals surface area contributed by atoms with E-state index in [2.05, 4.69) is 10.3 Å². The number of hydrogen-bond acceptors (Lipinski definition) is 4. The minimum absolute atomic E-state index is 0.158. The summed E-state index contributed by atoms with van der Waals surface area (Å²) in [6.07, 6.45) is 4.70. The van der Waals surface area contributed by atoms with Crippen molar-refractivity contribution in [2.75, 3.05) is 5.32 Å². The van der Waals surface area contributed by atoms with E-state index in [-0.39, 0.29) is 5.56 Å². The Kier molecular flexibility index (Phi) is 2.86. The van der Waals surface area contributed by atoms with E-state index >= 15 is 0 Å². The van der Waals surface area contributed by atoms with E-state index < -0.39 is 5.97 Å². The predicted octanol–water partition coefficient (Wildman–Crippen LogP) is 1.98. The van der Waals surface area contributed by atoms with E-state index in [1.807, 2.05) is 0 Å². The van der Waals surface area contributed by atoms with E-state index in [9.17, 15) is 4.79 Å². The number of nitrogens with zero attached hydrogens (tertiary/aromatic N) is 1. The van der Waals surface area contributed by atoms with Gasteiger partial charge in [-0.15, -0.1) is 0 Å². The van der Waals surface area contributed by atoms with E-state index in [4.69, 9.17) is 9.52 Å². The highest BCUT2D eigenvalue weighted by Gasteiger charge is 2.09. The van der Waals surface area contributed by atoms with Gasteiger partial charge in [-0.3, -0.25) is 0 Å². The molecule has 0 aliphatic carbocycles. The normalized spacial score (nSPS) is 10.0. The van der Waals surface area contributed by atoms with Gasteiger partial charge in [0.25, 0.3) is 0 Å². The van der Waals surface area contributed by atoms with Crippen LogP contribution in [0.5, 0.6) is 0 Å². The van der Waals surface area contributed by atoms with Gasteiger partial charge >= 0.3 is 5.97 Å². The summed E-state index contributed by atoms with van der Waals surface area (Å²) in [4.78, 5) is 14.9. The van der Waals surface area contributed by atoms with Crippen LogP contribution in [0.25, 0.3) is 0 Å². The summed E-state index contributed by atoms with van der Waals surface area (Å²) in [7, 11) is 0. The Hall–Kier alpha value is -2.30. The molecule has 5 heteroatoms. The lowest BCUT2D eigenvalue weighted by Crippen LogP contribution is -2.07. The van der Waals surface area contributed by atoms with Crippen LogP contribution in [0.2, 0.25) is 0 Å². The van der Waals surface area contributed by atoms with Crippen molar-refractivity contribution in [3.05, 3.63) is 48.0 Å². The molecular formula is C11H10N2O3. The van der Waals surface area contributed by atoms with E-state index in [0.29, 0.717) is 12.4 Å². The second-order valence-corrected chi connectivity index (χ2v) is 3.19. The molecule has 0 saturated carbocycles. The van der Waals surface area contributed by atoms with Crippen molar-refractivity contribution in [3.63, 3.8) is 0 Å². The zero-order valence-electron chi connectivity index (χ0n) is 8.38. The number of pyridine rings is 1. The van der Waals surface area contributed by atoms with Gasteiger partial charge in [-0.05, 0) is 18.2 Å². The van der Waals surface area contributed by atoms with Crippen LogP contribution in [0.1, 0.15) is 15.9 Å². The maximum absolute atomic E-state index is 10.9. The van der Waals surface area contributed by atoms with Crippen molar-refractivity contribution in [3.8, 4) is 0 Å². The molecule has 0 radical (unpaired) electrons. The number of carbonyl (C=O) groups is 1. The third-order valence-electron chi connectivity index (χ3n) is 2.08. The van der Waals surface area contributed by atoms with Crippen LogP contribution in [-0.2, 0) is 6.54 Å². The molecule has 82 valence electrons. The number of carboxylic acids is 1. The summed E-state index contributed by atoms with van der Waals surface area (Å²) in [6.45, 7) is 0.480. The van der Waals surface area contributed by atoms with Crippen molar-refractivity contribution in [1.82, 2.24) is 4.98 Å². The highest BCUT2D eigenvalue weighted by atomic mass is 16.4. The molecule has 2 N–H and O–H groups in total. The van der Waals surface area contributed by atoms with Crippen LogP contribution in [0.15, 0.2) is 41.3 Å². The van der Waals surface area contributed by atoms with E-state index in [1.54, 1.807) is 30.9 Å². The first-order valence-corrected chi connectivity index (χ1v) is 4.70. The minimum Gasteiger partial charge on any atom is -0.478 e. The van der Waals surface area contributed by atoms with Crippen LogP contribution in [0.4, 0.5) is 5.82 Å². The monoisotopic (exact) mass is 218 g/mol. The molecule has 0 bridgehead atoms. The first kappa shape index (κ1) is 10.2. The summed E-state index contributed by atoms with van der Waals surface area (Å²) in [6, 6.07) is 4.90. The summed E-state index contributed by atoms with van der Waals surface area (Å²) < 4.78 is 4.90. The van der Waals surface area contributed by atoms with Gasteiger partial charge in [-0.1, -0.05) is 0 Å². The third kappa shape index (κ3) is 2.20. The van der Waals surface area contributed by atoms with Gasteiger partial charge < -0.3 is 14.8 Å². The third-order valence-corrected chi connectivity index (χ3v) is 2.08. The zero-order chi connectivity index (χ0) is 11.4. The lowest BCUT2D eigenvalue weighted by atomic mass is 10.2. The van der Waals surface area contributed by atoms with Crippen LogP contribution in [-0.4, -0.2) is 16.1 Å². The van der Waals surface area contributed by atoms with Crippen molar-refractivity contribution in [2.45, 2.75) is 6.54 Å². The Bertz CT molecular complexity index is 480. The van der Waals surface area contributed by atoms with Crippen LogP contribution < -0.4 is 5.32 Å². The second kappa shape index (κ2) is 4.48. The van der Waals surface area contributed by atoms with Gasteiger partial charge in [-0.25, -0.2) is 9.78 Å². The van der Waals surface area contributed by atoms with E-state index in [0.717, 1.165) is 5.56 Å². The Morgan fingerprint density at radius 2 is 2.38 bits per heavy atom. The maximum Gasteiger partial charge on any atom is 0.339 e. The second-order valence-electron chi connectivity index (χ2n) is 3.19. The molecule has 0 spiro atoms. The van der Waals surface area contributed by atoms with Crippen molar-refractivity contribution >= 4 is 11.8 Å². The number of nitrogens with one attached hydrogen (secondary N) is 1. The predicted molar refractivity (Wildman–Crippen MR) is 57.2 cm³/mol. The van der Waals surface area contributed by atoms with Crippen molar-refractivity contribution in [2.24, 2.45) is 0 Å². The molecule has 0 aromatic carbocycles. The number of hydrogen-bond donors (Lipinski definition) is 2. The molecule has 2 aromatic heterocycles. The summed E-state index contributed by atoms with van der Waals surface area (Å²) in [5.74, 6) is -0.640. The Labute approximate surface area is 91.7 Å². The lowest BCUT2D eigenvalue weighted by molar-refractivity contribution is 0.0697.